The van der Waals surface area contributed by atoms with E-state index in [9.17, 15) is 31.1 Å². The Morgan fingerprint density at radius 2 is 1.79 bits per heavy atom. The molecule has 0 saturated carbocycles. The van der Waals surface area contributed by atoms with Gasteiger partial charge < -0.3 is 18.9 Å². The summed E-state index contributed by atoms with van der Waals surface area (Å²) in [7, 11) is 1.81. The van der Waals surface area contributed by atoms with Gasteiger partial charge in [0.25, 0.3) is 5.91 Å². The molecule has 39 heavy (non-hydrogen) atoms. The maximum Gasteiger partial charge on any atom is 0.573 e. The molecule has 1 aromatic carbocycles. The number of halogens is 6. The van der Waals surface area contributed by atoms with E-state index in [0.717, 1.165) is 6.07 Å². The van der Waals surface area contributed by atoms with Gasteiger partial charge >= 0.3 is 12.5 Å². The second-order valence-corrected chi connectivity index (χ2v) is 9.38. The Hall–Kier alpha value is -3.81. The van der Waals surface area contributed by atoms with Crippen LogP contribution in [0.15, 0.2) is 48.7 Å². The van der Waals surface area contributed by atoms with Crippen molar-refractivity contribution < 1.29 is 40.6 Å². The summed E-state index contributed by atoms with van der Waals surface area (Å²) in [5.74, 6) is -0.202. The van der Waals surface area contributed by atoms with E-state index in [0.29, 0.717) is 37.4 Å². The number of benzene rings is 1. The van der Waals surface area contributed by atoms with Gasteiger partial charge in [-0.25, -0.2) is 9.97 Å². The Balaban J connectivity index is 1.24. The number of carbonyl (C=O) groups excluding carboxylic acids is 1. The van der Waals surface area contributed by atoms with Gasteiger partial charge in [0.2, 0.25) is 5.88 Å². The topological polar surface area (TPSA) is 72.7 Å². The number of hydrogen-bond acceptors (Lipinski definition) is 6. The molecular weight excluding hydrogens is 532 g/mol. The minimum absolute atomic E-state index is 0.160. The predicted molar refractivity (Wildman–Crippen MR) is 124 cm³/mol. The molecule has 14 heteroatoms. The van der Waals surface area contributed by atoms with Crippen LogP contribution in [-0.4, -0.2) is 62.8 Å². The van der Waals surface area contributed by atoms with Crippen LogP contribution in [0.3, 0.4) is 0 Å². The number of hydrogen-bond donors (Lipinski definition) is 0. The van der Waals surface area contributed by atoms with Gasteiger partial charge in [-0.3, -0.25) is 9.69 Å². The summed E-state index contributed by atoms with van der Waals surface area (Å²) < 4.78 is 88.2. The number of nitrogens with zero attached hydrogens (tertiary/aromatic N) is 5. The molecule has 0 aliphatic carbocycles. The number of imidazole rings is 1. The standard InChI is InChI=1S/C25H23F6N5O3/c1-34-14-21-32-18(12-36(21)13-19(34)15-4-2-5-16(10-15)39-25(29,30)31)23(37)35-9-8-17(11-35)38-22-7-3-6-20(33-22)24(26,27)28/h2-7,10,12,17,19H,8-9,11,13-14H2,1H3. The summed E-state index contributed by atoms with van der Waals surface area (Å²) in [5, 5.41) is 0. The molecule has 2 aliphatic rings. The maximum absolute atomic E-state index is 13.2. The average Bonchev–Trinajstić information content (AvgIpc) is 3.48. The zero-order valence-electron chi connectivity index (χ0n) is 20.5. The zero-order chi connectivity index (χ0) is 27.9. The van der Waals surface area contributed by atoms with Crippen molar-refractivity contribution in [3.8, 4) is 11.6 Å². The molecule has 1 fully saturated rings. The highest BCUT2D eigenvalue weighted by molar-refractivity contribution is 5.92. The largest absolute Gasteiger partial charge is 0.573 e. The quantitative estimate of drug-likeness (QED) is 0.426. The number of likely N-dealkylation sites (tertiary alicyclic amines) is 1. The van der Waals surface area contributed by atoms with Crippen LogP contribution in [0.25, 0.3) is 0 Å². The molecule has 0 bridgehead atoms. The smallest absolute Gasteiger partial charge is 0.472 e. The Morgan fingerprint density at radius 1 is 1.03 bits per heavy atom. The van der Waals surface area contributed by atoms with Crippen molar-refractivity contribution in [3.05, 3.63) is 71.4 Å². The van der Waals surface area contributed by atoms with E-state index in [2.05, 4.69) is 14.7 Å². The fourth-order valence-corrected chi connectivity index (χ4v) is 4.76. The van der Waals surface area contributed by atoms with Crippen LogP contribution in [0.1, 0.15) is 40.0 Å². The van der Waals surface area contributed by atoms with Crippen LogP contribution in [0.5, 0.6) is 11.6 Å². The number of ether oxygens (including phenoxy) is 2. The van der Waals surface area contributed by atoms with Gasteiger partial charge in [-0.1, -0.05) is 18.2 Å². The lowest BCUT2D eigenvalue weighted by molar-refractivity contribution is -0.274. The molecule has 2 unspecified atom stereocenters. The molecule has 2 aromatic heterocycles. The Bertz CT molecular complexity index is 1360. The third-order valence-corrected chi connectivity index (χ3v) is 6.58. The molecule has 4 heterocycles. The summed E-state index contributed by atoms with van der Waals surface area (Å²) in [4.78, 5) is 24.6. The molecule has 0 radical (unpaired) electrons. The third-order valence-electron chi connectivity index (χ3n) is 6.58. The van der Waals surface area contributed by atoms with Gasteiger partial charge in [-0.15, -0.1) is 13.2 Å². The lowest BCUT2D eigenvalue weighted by atomic mass is 10.0. The van der Waals surface area contributed by atoms with E-state index in [4.69, 9.17) is 4.74 Å². The molecule has 2 aliphatic heterocycles. The molecule has 8 nitrogen and oxygen atoms in total. The molecule has 1 saturated heterocycles. The molecule has 0 N–H and O–H groups in total. The molecule has 208 valence electrons. The highest BCUT2D eigenvalue weighted by Gasteiger charge is 2.35. The van der Waals surface area contributed by atoms with Gasteiger partial charge in [0.1, 0.15) is 29.1 Å². The van der Waals surface area contributed by atoms with Crippen LogP contribution in [0.2, 0.25) is 0 Å². The summed E-state index contributed by atoms with van der Waals surface area (Å²) in [6.07, 6.45) is -7.89. The van der Waals surface area contributed by atoms with Crippen molar-refractivity contribution in [1.82, 2.24) is 24.3 Å². The number of aromatic nitrogens is 3. The van der Waals surface area contributed by atoms with Crippen molar-refractivity contribution >= 4 is 5.91 Å². The normalized spacial score (nSPS) is 20.1. The molecular formula is C25H23F6N5O3. The van der Waals surface area contributed by atoms with Crippen molar-refractivity contribution in [2.24, 2.45) is 0 Å². The Labute approximate surface area is 218 Å². The first-order chi connectivity index (χ1) is 18.4. The first-order valence-electron chi connectivity index (χ1n) is 12.0. The van der Waals surface area contributed by atoms with Crippen molar-refractivity contribution in [2.75, 3.05) is 20.1 Å². The Kier molecular flexibility index (Phi) is 6.91. The first kappa shape index (κ1) is 26.8. The number of likely N-dealkylation sites (N-methyl/N-ethyl adjacent to an activating group) is 1. The number of alkyl halides is 6. The van der Waals surface area contributed by atoms with Gasteiger partial charge in [0.15, 0.2) is 0 Å². The van der Waals surface area contributed by atoms with Crippen LogP contribution < -0.4 is 9.47 Å². The molecule has 2 atom stereocenters. The van der Waals surface area contributed by atoms with Gasteiger partial charge in [0.05, 0.1) is 19.1 Å². The van der Waals surface area contributed by atoms with Gasteiger partial charge in [0, 0.05) is 31.8 Å². The van der Waals surface area contributed by atoms with Crippen molar-refractivity contribution in [1.29, 1.82) is 0 Å². The van der Waals surface area contributed by atoms with E-state index in [-0.39, 0.29) is 35.8 Å². The fourth-order valence-electron chi connectivity index (χ4n) is 4.76. The van der Waals surface area contributed by atoms with E-state index in [1.165, 1.54) is 35.2 Å². The number of fused-ring (bicyclic) bond motifs is 1. The molecule has 0 spiro atoms. The summed E-state index contributed by atoms with van der Waals surface area (Å²) >= 11 is 0. The Morgan fingerprint density at radius 3 is 2.54 bits per heavy atom. The number of carbonyl (C=O) groups is 1. The minimum Gasteiger partial charge on any atom is -0.472 e. The second-order valence-electron chi connectivity index (χ2n) is 9.38. The average molecular weight is 555 g/mol. The van der Waals surface area contributed by atoms with Crippen molar-refractivity contribution in [3.63, 3.8) is 0 Å². The minimum atomic E-state index is -4.80. The van der Waals surface area contributed by atoms with Crippen LogP contribution in [0, 0.1) is 0 Å². The molecule has 5 rings (SSSR count). The van der Waals surface area contributed by atoms with Crippen LogP contribution in [-0.2, 0) is 19.3 Å². The van der Waals surface area contributed by atoms with E-state index in [1.54, 1.807) is 16.8 Å². The van der Waals surface area contributed by atoms with Crippen LogP contribution in [0.4, 0.5) is 26.3 Å². The predicted octanol–water partition coefficient (Wildman–Crippen LogP) is 4.68. The highest BCUT2D eigenvalue weighted by atomic mass is 19.4. The molecule has 1 amide bonds. The summed E-state index contributed by atoms with van der Waals surface area (Å²) in [6.45, 7) is 1.20. The number of rotatable bonds is 5. The highest BCUT2D eigenvalue weighted by Crippen LogP contribution is 2.32. The molecule has 3 aromatic rings. The second kappa shape index (κ2) is 10.1. The zero-order valence-corrected chi connectivity index (χ0v) is 20.5. The number of pyridine rings is 1. The third kappa shape index (κ3) is 6.10. The lowest BCUT2D eigenvalue weighted by Crippen LogP contribution is -2.34. The number of amides is 1. The SMILES string of the molecule is CN1Cc2nc(C(=O)N3CCC(Oc4cccc(C(F)(F)F)n4)C3)cn2CC1c1cccc(OC(F)(F)F)c1. The first-order valence-corrected chi connectivity index (χ1v) is 12.0. The summed E-state index contributed by atoms with van der Waals surface area (Å²) in [6, 6.07) is 8.89. The summed E-state index contributed by atoms with van der Waals surface area (Å²) in [5.41, 5.74) is -0.238. The maximum atomic E-state index is 13.2. The van der Waals surface area contributed by atoms with Crippen molar-refractivity contribution in [2.45, 2.75) is 44.2 Å². The van der Waals surface area contributed by atoms with E-state index in [1.807, 2.05) is 11.9 Å². The lowest BCUT2D eigenvalue weighted by Gasteiger charge is -2.33. The van der Waals surface area contributed by atoms with E-state index < -0.39 is 24.3 Å². The van der Waals surface area contributed by atoms with Crippen LogP contribution >= 0.6 is 0 Å². The monoisotopic (exact) mass is 555 g/mol. The van der Waals surface area contributed by atoms with Gasteiger partial charge in [-0.05, 0) is 30.8 Å². The van der Waals surface area contributed by atoms with E-state index >= 15 is 0 Å². The van der Waals surface area contributed by atoms with Gasteiger partial charge in [-0.2, -0.15) is 13.2 Å². The fraction of sp³-hybridized carbons (Fsp3) is 0.400.